The minimum atomic E-state index is -0.0989. The zero-order valence-electron chi connectivity index (χ0n) is 6.86. The smallest absolute Gasteiger partial charge is 0.268 e. The largest absolute Gasteiger partial charge is 0.357 e. The van der Waals surface area contributed by atoms with E-state index in [0.29, 0.717) is 18.1 Å². The van der Waals surface area contributed by atoms with Crippen LogP contribution in [0.5, 0.6) is 0 Å². The fourth-order valence-corrected chi connectivity index (χ4v) is 1.04. The van der Waals surface area contributed by atoms with Gasteiger partial charge >= 0.3 is 0 Å². The molecule has 0 aromatic carbocycles. The van der Waals surface area contributed by atoms with Crippen LogP contribution in [0.3, 0.4) is 0 Å². The number of aromatic nitrogens is 1. The molecule has 0 aliphatic rings. The van der Waals surface area contributed by atoms with E-state index in [2.05, 4.69) is 10.3 Å². The Morgan fingerprint density at radius 2 is 2.50 bits per heavy atom. The molecule has 0 saturated heterocycles. The maximum atomic E-state index is 11.3. The molecule has 2 N–H and O–H groups in total. The Balaban J connectivity index is 2.59. The van der Waals surface area contributed by atoms with Crippen molar-refractivity contribution in [2.75, 3.05) is 12.4 Å². The van der Waals surface area contributed by atoms with Crippen LogP contribution in [0.15, 0.2) is 12.3 Å². The molecule has 0 aliphatic heterocycles. The van der Waals surface area contributed by atoms with Gasteiger partial charge in [-0.3, -0.25) is 4.79 Å². The summed E-state index contributed by atoms with van der Waals surface area (Å²) >= 11 is 5.42. The fraction of sp³-hybridized carbons (Fsp3) is 0.375. The van der Waals surface area contributed by atoms with E-state index in [1.165, 1.54) is 0 Å². The number of aryl methyl sites for hydroxylation is 1. The van der Waals surface area contributed by atoms with Gasteiger partial charge in [-0.25, -0.2) is 0 Å². The zero-order valence-corrected chi connectivity index (χ0v) is 7.61. The second-order valence-corrected chi connectivity index (χ2v) is 2.86. The molecule has 0 fully saturated rings. The van der Waals surface area contributed by atoms with Crippen LogP contribution in [-0.4, -0.2) is 23.3 Å². The highest BCUT2D eigenvalue weighted by Crippen LogP contribution is 2.03. The molecule has 1 heterocycles. The van der Waals surface area contributed by atoms with Gasteiger partial charge in [0, 0.05) is 18.6 Å². The van der Waals surface area contributed by atoms with Gasteiger partial charge in [0.2, 0.25) is 0 Å². The maximum absolute atomic E-state index is 11.3. The lowest BCUT2D eigenvalue weighted by Gasteiger charge is -2.00. The highest BCUT2D eigenvalue weighted by molar-refractivity contribution is 6.18. The van der Waals surface area contributed by atoms with Crippen molar-refractivity contribution in [1.29, 1.82) is 0 Å². The van der Waals surface area contributed by atoms with Crippen LogP contribution < -0.4 is 5.32 Å². The molecular weight excluding hydrogens is 176 g/mol. The number of aromatic amines is 1. The molecule has 0 bridgehead atoms. The Labute approximate surface area is 76.1 Å². The third-order valence-electron chi connectivity index (χ3n) is 1.56. The normalized spacial score (nSPS) is 9.83. The summed E-state index contributed by atoms with van der Waals surface area (Å²) in [4.78, 5) is 14.1. The van der Waals surface area contributed by atoms with Crippen LogP contribution in [0.25, 0.3) is 0 Å². The van der Waals surface area contributed by atoms with Crippen molar-refractivity contribution in [2.24, 2.45) is 0 Å². The molecule has 66 valence electrons. The summed E-state index contributed by atoms with van der Waals surface area (Å²) in [6.45, 7) is 2.38. The van der Waals surface area contributed by atoms with Crippen molar-refractivity contribution in [1.82, 2.24) is 10.3 Å². The van der Waals surface area contributed by atoms with Gasteiger partial charge in [0.1, 0.15) is 5.69 Å². The van der Waals surface area contributed by atoms with Gasteiger partial charge in [0.05, 0.1) is 0 Å². The van der Waals surface area contributed by atoms with E-state index in [1.807, 2.05) is 13.0 Å². The monoisotopic (exact) mass is 186 g/mol. The molecule has 0 unspecified atom stereocenters. The standard InChI is InChI=1S/C8H11ClN2O/c1-6-2-4-10-7(6)8(12)11-5-3-9/h2,4,10H,3,5H2,1H3,(H,11,12). The van der Waals surface area contributed by atoms with E-state index in [-0.39, 0.29) is 5.91 Å². The first-order valence-electron chi connectivity index (χ1n) is 3.74. The van der Waals surface area contributed by atoms with E-state index >= 15 is 0 Å². The second kappa shape index (κ2) is 4.16. The molecule has 0 saturated carbocycles. The molecule has 1 aromatic heterocycles. The van der Waals surface area contributed by atoms with Crippen molar-refractivity contribution >= 4 is 17.5 Å². The molecule has 1 rings (SSSR count). The number of carbonyl (C=O) groups is 1. The second-order valence-electron chi connectivity index (χ2n) is 2.48. The number of amides is 1. The topological polar surface area (TPSA) is 44.9 Å². The molecule has 0 radical (unpaired) electrons. The first-order valence-corrected chi connectivity index (χ1v) is 4.27. The number of alkyl halides is 1. The van der Waals surface area contributed by atoms with E-state index in [9.17, 15) is 4.79 Å². The van der Waals surface area contributed by atoms with Crippen molar-refractivity contribution < 1.29 is 4.79 Å². The molecule has 3 nitrogen and oxygen atoms in total. The maximum Gasteiger partial charge on any atom is 0.268 e. The molecular formula is C8H11ClN2O. The Morgan fingerprint density at radius 3 is 3.00 bits per heavy atom. The van der Waals surface area contributed by atoms with Gasteiger partial charge in [-0.05, 0) is 18.6 Å². The summed E-state index contributed by atoms with van der Waals surface area (Å²) in [6, 6.07) is 1.86. The number of carbonyl (C=O) groups excluding carboxylic acids is 1. The molecule has 0 atom stereocenters. The lowest BCUT2D eigenvalue weighted by atomic mass is 10.2. The first kappa shape index (κ1) is 9.13. The lowest BCUT2D eigenvalue weighted by molar-refractivity contribution is 0.0951. The number of H-pyrrole nitrogens is 1. The third kappa shape index (κ3) is 2.01. The van der Waals surface area contributed by atoms with Crippen molar-refractivity contribution in [3.05, 3.63) is 23.5 Å². The van der Waals surface area contributed by atoms with Gasteiger partial charge in [-0.2, -0.15) is 0 Å². The Bertz CT molecular complexity index is 270. The van der Waals surface area contributed by atoms with Crippen molar-refractivity contribution in [2.45, 2.75) is 6.92 Å². The number of hydrogen-bond donors (Lipinski definition) is 2. The number of rotatable bonds is 3. The SMILES string of the molecule is Cc1cc[nH]c1C(=O)NCCCl. The van der Waals surface area contributed by atoms with Crippen molar-refractivity contribution in [3.8, 4) is 0 Å². The van der Waals surface area contributed by atoms with Gasteiger partial charge in [-0.15, -0.1) is 11.6 Å². The summed E-state index contributed by atoms with van der Waals surface area (Å²) in [6.07, 6.45) is 1.74. The predicted octanol–water partition coefficient (Wildman–Crippen LogP) is 1.29. The summed E-state index contributed by atoms with van der Waals surface area (Å²) in [5, 5.41) is 2.67. The van der Waals surface area contributed by atoms with Gasteiger partial charge in [-0.1, -0.05) is 0 Å². The molecule has 12 heavy (non-hydrogen) atoms. The highest BCUT2D eigenvalue weighted by atomic mass is 35.5. The Hall–Kier alpha value is -0.960. The van der Waals surface area contributed by atoms with E-state index in [1.54, 1.807) is 6.20 Å². The van der Waals surface area contributed by atoms with Crippen molar-refractivity contribution in [3.63, 3.8) is 0 Å². The number of hydrogen-bond acceptors (Lipinski definition) is 1. The third-order valence-corrected chi connectivity index (χ3v) is 1.75. The average molecular weight is 187 g/mol. The van der Waals surface area contributed by atoms with Crippen LogP contribution >= 0.6 is 11.6 Å². The Morgan fingerprint density at radius 1 is 1.75 bits per heavy atom. The molecule has 0 spiro atoms. The zero-order chi connectivity index (χ0) is 8.97. The van der Waals surface area contributed by atoms with Crippen LogP contribution in [0.2, 0.25) is 0 Å². The number of halogens is 1. The van der Waals surface area contributed by atoms with Gasteiger partial charge in [0.25, 0.3) is 5.91 Å². The Kier molecular flexibility index (Phi) is 3.17. The quantitative estimate of drug-likeness (QED) is 0.687. The number of nitrogens with one attached hydrogen (secondary N) is 2. The van der Waals surface area contributed by atoms with Gasteiger partial charge < -0.3 is 10.3 Å². The minimum absolute atomic E-state index is 0.0989. The summed E-state index contributed by atoms with van der Waals surface area (Å²) in [5.74, 6) is 0.337. The van der Waals surface area contributed by atoms with E-state index < -0.39 is 0 Å². The summed E-state index contributed by atoms with van der Waals surface area (Å²) in [7, 11) is 0. The first-order chi connectivity index (χ1) is 5.75. The van der Waals surface area contributed by atoms with Crippen LogP contribution in [0.1, 0.15) is 16.1 Å². The van der Waals surface area contributed by atoms with E-state index in [4.69, 9.17) is 11.6 Å². The predicted molar refractivity (Wildman–Crippen MR) is 48.6 cm³/mol. The van der Waals surface area contributed by atoms with Crippen LogP contribution in [-0.2, 0) is 0 Å². The summed E-state index contributed by atoms with van der Waals surface area (Å²) < 4.78 is 0. The van der Waals surface area contributed by atoms with Crippen LogP contribution in [0.4, 0.5) is 0 Å². The molecule has 4 heteroatoms. The average Bonchev–Trinajstić information content (AvgIpc) is 2.47. The van der Waals surface area contributed by atoms with Crippen LogP contribution in [0, 0.1) is 6.92 Å². The lowest BCUT2D eigenvalue weighted by Crippen LogP contribution is -2.26. The van der Waals surface area contributed by atoms with Gasteiger partial charge in [0.15, 0.2) is 0 Å². The highest BCUT2D eigenvalue weighted by Gasteiger charge is 2.07. The minimum Gasteiger partial charge on any atom is -0.357 e. The molecule has 1 aromatic rings. The summed E-state index contributed by atoms with van der Waals surface area (Å²) in [5.41, 5.74) is 1.56. The fourth-order valence-electron chi connectivity index (χ4n) is 0.941. The molecule has 1 amide bonds. The van der Waals surface area contributed by atoms with E-state index in [0.717, 1.165) is 5.56 Å². The molecule has 0 aliphatic carbocycles.